The Bertz CT molecular complexity index is 338. The van der Waals surface area contributed by atoms with Crippen molar-refractivity contribution < 1.29 is 0 Å². The Labute approximate surface area is 92.5 Å². The Morgan fingerprint density at radius 2 is 1.73 bits per heavy atom. The Hall–Kier alpha value is -1.02. The van der Waals surface area contributed by atoms with Crippen molar-refractivity contribution >= 4 is 5.69 Å². The minimum Gasteiger partial charge on any atom is -0.456 e. The van der Waals surface area contributed by atoms with Crippen LogP contribution < -0.4 is 4.90 Å². The van der Waals surface area contributed by atoms with Gasteiger partial charge in [-0.3, -0.25) is 7.05 Å². The molecular weight excluding hydrogens is 184 g/mol. The van der Waals surface area contributed by atoms with E-state index in [1.54, 1.807) is 0 Å². The molecule has 0 amide bonds. The molecule has 0 atom stereocenters. The fraction of sp³-hybridized carbons (Fsp3) is 0.462. The van der Waals surface area contributed by atoms with Crippen molar-refractivity contribution in [3.8, 4) is 0 Å². The van der Waals surface area contributed by atoms with E-state index in [9.17, 15) is 0 Å². The molecule has 1 aromatic rings. The van der Waals surface area contributed by atoms with Crippen LogP contribution in [0, 0.1) is 20.9 Å². The van der Waals surface area contributed by atoms with E-state index in [4.69, 9.17) is 0 Å². The molecule has 0 N–H and O–H groups in total. The highest BCUT2D eigenvalue weighted by atomic mass is 15.2. The second kappa shape index (κ2) is 4.23. The van der Waals surface area contributed by atoms with Crippen molar-refractivity contribution in [1.82, 2.24) is 4.90 Å². The third-order valence-electron chi connectivity index (χ3n) is 3.08. The zero-order chi connectivity index (χ0) is 10.8. The van der Waals surface area contributed by atoms with Gasteiger partial charge in [0.2, 0.25) is 0 Å². The molecule has 1 aromatic carbocycles. The van der Waals surface area contributed by atoms with Gasteiger partial charge in [-0.05, 0) is 44.1 Å². The highest BCUT2D eigenvalue weighted by Crippen LogP contribution is 2.22. The first-order valence-corrected chi connectivity index (χ1v) is 5.54. The smallest absolute Gasteiger partial charge is 0.0399 e. The van der Waals surface area contributed by atoms with Crippen molar-refractivity contribution in [3.05, 3.63) is 36.4 Å². The van der Waals surface area contributed by atoms with E-state index < -0.39 is 0 Å². The van der Waals surface area contributed by atoms with Gasteiger partial charge in [0, 0.05) is 18.8 Å². The lowest BCUT2D eigenvalue weighted by molar-refractivity contribution is 0.344. The van der Waals surface area contributed by atoms with Crippen LogP contribution in [0.1, 0.15) is 11.1 Å². The molecule has 0 aromatic heterocycles. The average molecular weight is 203 g/mol. The summed E-state index contributed by atoms with van der Waals surface area (Å²) >= 11 is 0. The summed E-state index contributed by atoms with van der Waals surface area (Å²) in [6.07, 6.45) is 0. The molecule has 82 valence electrons. The summed E-state index contributed by atoms with van der Waals surface area (Å²) in [6.45, 7) is 8.65. The molecule has 0 aliphatic carbocycles. The summed E-state index contributed by atoms with van der Waals surface area (Å²) in [5, 5.41) is 0. The summed E-state index contributed by atoms with van der Waals surface area (Å²) in [6, 6.07) is 6.67. The standard InChI is InChI=1S/C13H19N2/c1-11-4-5-12(2)13(10-11)15-8-6-14(3)7-9-15/h4-5,10H,3,6-9H2,1-2H3/q-1. The number of benzene rings is 1. The van der Waals surface area contributed by atoms with Crippen LogP contribution in [0.15, 0.2) is 18.2 Å². The van der Waals surface area contributed by atoms with Crippen LogP contribution in [0.4, 0.5) is 5.69 Å². The highest BCUT2D eigenvalue weighted by Gasteiger charge is 2.13. The van der Waals surface area contributed by atoms with Crippen molar-refractivity contribution in [2.45, 2.75) is 13.8 Å². The van der Waals surface area contributed by atoms with Gasteiger partial charge in [-0.15, -0.1) is 0 Å². The van der Waals surface area contributed by atoms with Crippen molar-refractivity contribution in [1.29, 1.82) is 0 Å². The van der Waals surface area contributed by atoms with E-state index in [0.29, 0.717) is 0 Å². The fourth-order valence-electron chi connectivity index (χ4n) is 2.05. The lowest BCUT2D eigenvalue weighted by Crippen LogP contribution is -2.43. The maximum Gasteiger partial charge on any atom is 0.0399 e. The molecular formula is C13H19N2-. The van der Waals surface area contributed by atoms with Gasteiger partial charge >= 0.3 is 0 Å². The van der Waals surface area contributed by atoms with E-state index >= 15 is 0 Å². The molecule has 1 aliphatic heterocycles. The zero-order valence-corrected chi connectivity index (χ0v) is 9.66. The van der Waals surface area contributed by atoms with Gasteiger partial charge in [0.15, 0.2) is 0 Å². The maximum atomic E-state index is 3.97. The number of aryl methyl sites for hydroxylation is 2. The van der Waals surface area contributed by atoms with Crippen molar-refractivity contribution in [3.63, 3.8) is 0 Å². The summed E-state index contributed by atoms with van der Waals surface area (Å²) in [5.74, 6) is 0. The van der Waals surface area contributed by atoms with Gasteiger partial charge in [-0.25, -0.2) is 0 Å². The van der Waals surface area contributed by atoms with Crippen LogP contribution in [0.3, 0.4) is 0 Å². The first-order chi connectivity index (χ1) is 7.16. The summed E-state index contributed by atoms with van der Waals surface area (Å²) < 4.78 is 0. The summed E-state index contributed by atoms with van der Waals surface area (Å²) in [5.41, 5.74) is 4.11. The Balaban J connectivity index is 2.18. The number of piperazine rings is 1. The zero-order valence-electron chi connectivity index (χ0n) is 9.66. The number of rotatable bonds is 1. The predicted molar refractivity (Wildman–Crippen MR) is 65.1 cm³/mol. The normalized spacial score (nSPS) is 18.2. The topological polar surface area (TPSA) is 6.48 Å². The van der Waals surface area contributed by atoms with Crippen LogP contribution in [-0.2, 0) is 0 Å². The molecule has 0 bridgehead atoms. The van der Waals surface area contributed by atoms with E-state index in [0.717, 1.165) is 26.2 Å². The molecule has 1 fully saturated rings. The largest absolute Gasteiger partial charge is 0.456 e. The molecule has 0 saturated carbocycles. The third-order valence-corrected chi connectivity index (χ3v) is 3.08. The third kappa shape index (κ3) is 2.32. The van der Waals surface area contributed by atoms with Crippen LogP contribution in [0.2, 0.25) is 0 Å². The quantitative estimate of drug-likeness (QED) is 0.646. The molecule has 1 aliphatic rings. The number of nitrogens with zero attached hydrogens (tertiary/aromatic N) is 2. The predicted octanol–water partition coefficient (Wildman–Crippen LogP) is 2.22. The van der Waals surface area contributed by atoms with E-state index in [-0.39, 0.29) is 0 Å². The first kappa shape index (κ1) is 10.5. The Kier molecular flexibility index (Phi) is 2.96. The second-order valence-electron chi connectivity index (χ2n) is 4.40. The molecule has 2 nitrogen and oxygen atoms in total. The van der Waals surface area contributed by atoms with E-state index in [1.165, 1.54) is 16.8 Å². The molecule has 0 radical (unpaired) electrons. The van der Waals surface area contributed by atoms with Crippen molar-refractivity contribution in [2.24, 2.45) is 0 Å². The van der Waals surface area contributed by atoms with Crippen molar-refractivity contribution in [2.75, 3.05) is 31.1 Å². The monoisotopic (exact) mass is 203 g/mol. The number of hydrogen-bond acceptors (Lipinski definition) is 2. The minimum absolute atomic E-state index is 1.06. The molecule has 2 rings (SSSR count). The van der Waals surface area contributed by atoms with Gasteiger partial charge in [-0.2, -0.15) is 0 Å². The fourth-order valence-corrected chi connectivity index (χ4v) is 2.05. The van der Waals surface area contributed by atoms with Crippen LogP contribution in [0.5, 0.6) is 0 Å². The minimum atomic E-state index is 1.06. The van der Waals surface area contributed by atoms with Gasteiger partial charge in [0.1, 0.15) is 0 Å². The second-order valence-corrected chi connectivity index (χ2v) is 4.40. The van der Waals surface area contributed by atoms with Gasteiger partial charge < -0.3 is 9.80 Å². The molecule has 0 unspecified atom stereocenters. The summed E-state index contributed by atoms with van der Waals surface area (Å²) in [4.78, 5) is 4.60. The van der Waals surface area contributed by atoms with Crippen LogP contribution in [0.25, 0.3) is 0 Å². The van der Waals surface area contributed by atoms with E-state index in [1.807, 2.05) is 0 Å². The van der Waals surface area contributed by atoms with Gasteiger partial charge in [0.05, 0.1) is 0 Å². The lowest BCUT2D eigenvalue weighted by Gasteiger charge is -2.39. The first-order valence-electron chi connectivity index (χ1n) is 5.54. The van der Waals surface area contributed by atoms with Crippen LogP contribution >= 0.6 is 0 Å². The molecule has 1 saturated heterocycles. The number of hydrogen-bond donors (Lipinski definition) is 0. The Morgan fingerprint density at radius 1 is 1.07 bits per heavy atom. The molecule has 2 heteroatoms. The number of anilines is 1. The SMILES string of the molecule is [CH2-]N1CCN(c2cc(C)ccc2C)CC1. The van der Waals surface area contributed by atoms with Gasteiger partial charge in [-0.1, -0.05) is 12.1 Å². The highest BCUT2D eigenvalue weighted by molar-refractivity contribution is 5.55. The van der Waals surface area contributed by atoms with Gasteiger partial charge in [0.25, 0.3) is 0 Å². The van der Waals surface area contributed by atoms with Crippen LogP contribution in [-0.4, -0.2) is 31.1 Å². The molecule has 0 spiro atoms. The summed E-state index contributed by atoms with van der Waals surface area (Å²) in [7, 11) is 3.97. The maximum absolute atomic E-state index is 3.97. The molecule has 1 heterocycles. The average Bonchev–Trinajstić information content (AvgIpc) is 2.23. The van der Waals surface area contributed by atoms with E-state index in [2.05, 4.69) is 48.9 Å². The Morgan fingerprint density at radius 3 is 2.40 bits per heavy atom. The lowest BCUT2D eigenvalue weighted by atomic mass is 10.1. The molecule has 15 heavy (non-hydrogen) atoms.